The van der Waals surface area contributed by atoms with Crippen LogP contribution in [0, 0.1) is 0 Å². The van der Waals surface area contributed by atoms with Gasteiger partial charge in [-0.3, -0.25) is 19.2 Å². The summed E-state index contributed by atoms with van der Waals surface area (Å²) in [6, 6.07) is 2.67. The van der Waals surface area contributed by atoms with Gasteiger partial charge < -0.3 is 37.2 Å². The number of carbonyl (C=O) groups excluding carboxylic acids is 4. The number of rotatable bonds is 11. The third-order valence-corrected chi connectivity index (χ3v) is 5.33. The zero-order valence-electron chi connectivity index (χ0n) is 18.0. The van der Waals surface area contributed by atoms with Crippen molar-refractivity contribution < 1.29 is 34.2 Å². The van der Waals surface area contributed by atoms with Gasteiger partial charge in [0, 0.05) is 19.4 Å². The van der Waals surface area contributed by atoms with Crippen molar-refractivity contribution in [2.24, 2.45) is 11.5 Å². The highest BCUT2D eigenvalue weighted by Gasteiger charge is 2.38. The maximum absolute atomic E-state index is 13.3. The normalized spacial score (nSPS) is 17.1. The fraction of sp³-hybridized carbons (Fsp3) is 0.476. The minimum atomic E-state index is -1.17. The Kier molecular flexibility index (Phi) is 9.16. The predicted octanol–water partition coefficient (Wildman–Crippen LogP) is -1.80. The van der Waals surface area contributed by atoms with Crippen molar-refractivity contribution in [3.63, 3.8) is 0 Å². The number of amides is 4. The molecule has 1 aliphatic heterocycles. The van der Waals surface area contributed by atoms with Crippen LogP contribution >= 0.6 is 0 Å². The van der Waals surface area contributed by atoms with Gasteiger partial charge in [0.05, 0.1) is 6.54 Å². The van der Waals surface area contributed by atoms with E-state index in [1.54, 1.807) is 12.1 Å². The molecule has 0 bridgehead atoms. The number of hydrogen-bond acceptors (Lipinski definition) is 7. The van der Waals surface area contributed by atoms with Gasteiger partial charge in [-0.2, -0.15) is 0 Å². The molecule has 4 amide bonds. The monoisotopic (exact) mass is 463 g/mol. The highest BCUT2D eigenvalue weighted by atomic mass is 16.4. The number of likely N-dealkylation sites (tertiary alicyclic amines) is 1. The van der Waals surface area contributed by atoms with Crippen LogP contribution in [0.4, 0.5) is 0 Å². The Bertz CT molecular complexity index is 889. The molecule has 180 valence electrons. The number of primary amides is 1. The van der Waals surface area contributed by atoms with Crippen molar-refractivity contribution in [3.05, 3.63) is 29.8 Å². The highest BCUT2D eigenvalue weighted by molar-refractivity contribution is 5.94. The number of aromatic hydroxyl groups is 1. The van der Waals surface area contributed by atoms with Crippen LogP contribution in [0.3, 0.4) is 0 Å². The lowest BCUT2D eigenvalue weighted by Gasteiger charge is -2.29. The number of phenols is 1. The average molecular weight is 463 g/mol. The molecule has 0 radical (unpaired) electrons. The van der Waals surface area contributed by atoms with Crippen molar-refractivity contribution in [2.45, 2.75) is 50.2 Å². The Hall–Kier alpha value is -3.67. The Morgan fingerprint density at radius 3 is 2.33 bits per heavy atom. The molecule has 1 aromatic carbocycles. The van der Waals surface area contributed by atoms with Crippen molar-refractivity contribution in [1.82, 2.24) is 15.5 Å². The molecule has 0 aliphatic carbocycles. The van der Waals surface area contributed by atoms with Gasteiger partial charge in [-0.25, -0.2) is 4.79 Å². The summed E-state index contributed by atoms with van der Waals surface area (Å²) in [6.45, 7) is -0.156. The van der Waals surface area contributed by atoms with Crippen molar-refractivity contribution >= 4 is 29.6 Å². The van der Waals surface area contributed by atoms with Crippen LogP contribution in [0.25, 0.3) is 0 Å². The molecule has 0 spiro atoms. The highest BCUT2D eigenvalue weighted by Crippen LogP contribution is 2.20. The van der Waals surface area contributed by atoms with Gasteiger partial charge in [0.15, 0.2) is 0 Å². The summed E-state index contributed by atoms with van der Waals surface area (Å²) in [5, 5.41) is 23.9. The van der Waals surface area contributed by atoms with Gasteiger partial charge in [-0.05, 0) is 37.0 Å². The molecular formula is C21H29N5O7. The van der Waals surface area contributed by atoms with Crippen LogP contribution in [0.1, 0.15) is 31.2 Å². The maximum Gasteiger partial charge on any atom is 0.326 e. The molecule has 1 saturated heterocycles. The molecule has 1 aromatic rings. The van der Waals surface area contributed by atoms with Gasteiger partial charge in [0.25, 0.3) is 0 Å². The minimum Gasteiger partial charge on any atom is -0.508 e. The Balaban J connectivity index is 2.26. The summed E-state index contributed by atoms with van der Waals surface area (Å²) in [6.07, 6.45) is 0.535. The molecule has 1 fully saturated rings. The molecule has 3 unspecified atom stereocenters. The topological polar surface area (TPSA) is 205 Å². The number of benzene rings is 1. The van der Waals surface area contributed by atoms with Crippen LogP contribution in [0.5, 0.6) is 5.75 Å². The fourth-order valence-corrected chi connectivity index (χ4v) is 3.64. The molecule has 0 aromatic heterocycles. The third kappa shape index (κ3) is 7.45. The van der Waals surface area contributed by atoms with Gasteiger partial charge in [-0.15, -0.1) is 0 Å². The molecule has 2 rings (SSSR count). The predicted molar refractivity (Wildman–Crippen MR) is 116 cm³/mol. The van der Waals surface area contributed by atoms with Gasteiger partial charge in [-0.1, -0.05) is 12.1 Å². The van der Waals surface area contributed by atoms with Gasteiger partial charge in [0.1, 0.15) is 23.9 Å². The van der Waals surface area contributed by atoms with E-state index in [4.69, 9.17) is 11.5 Å². The second kappa shape index (κ2) is 11.8. The molecule has 8 N–H and O–H groups in total. The number of carbonyl (C=O) groups is 5. The molecule has 12 nitrogen and oxygen atoms in total. The molecule has 33 heavy (non-hydrogen) atoms. The van der Waals surface area contributed by atoms with Crippen LogP contribution in [0.15, 0.2) is 24.3 Å². The molecule has 1 aliphatic rings. The Morgan fingerprint density at radius 1 is 1.09 bits per heavy atom. The fourth-order valence-electron chi connectivity index (χ4n) is 3.64. The first kappa shape index (κ1) is 25.6. The van der Waals surface area contributed by atoms with E-state index in [2.05, 4.69) is 10.6 Å². The van der Waals surface area contributed by atoms with E-state index >= 15 is 0 Å². The number of nitrogens with two attached hydrogens (primary N) is 2. The van der Waals surface area contributed by atoms with Crippen LogP contribution in [-0.4, -0.2) is 75.9 Å². The van der Waals surface area contributed by atoms with E-state index in [9.17, 15) is 34.2 Å². The van der Waals surface area contributed by atoms with Crippen molar-refractivity contribution in [2.75, 3.05) is 13.1 Å². The average Bonchev–Trinajstić information content (AvgIpc) is 3.27. The summed E-state index contributed by atoms with van der Waals surface area (Å²) in [4.78, 5) is 61.9. The van der Waals surface area contributed by atoms with Crippen LogP contribution in [0.2, 0.25) is 0 Å². The lowest BCUT2D eigenvalue weighted by Crippen LogP contribution is -2.57. The minimum absolute atomic E-state index is 0.0149. The Labute approximate surface area is 190 Å². The molecule has 1 heterocycles. The largest absolute Gasteiger partial charge is 0.508 e. The summed E-state index contributed by atoms with van der Waals surface area (Å²) in [7, 11) is 0. The quantitative estimate of drug-likeness (QED) is 0.220. The zero-order valence-corrected chi connectivity index (χ0v) is 18.0. The van der Waals surface area contributed by atoms with Gasteiger partial charge >= 0.3 is 5.97 Å². The molecule has 12 heteroatoms. The zero-order chi connectivity index (χ0) is 24.5. The summed E-state index contributed by atoms with van der Waals surface area (Å²) in [5.74, 6) is -3.74. The Morgan fingerprint density at radius 2 is 1.76 bits per heavy atom. The van der Waals surface area contributed by atoms with E-state index in [-0.39, 0.29) is 38.1 Å². The maximum atomic E-state index is 13.3. The number of nitrogens with one attached hydrogen (secondary N) is 2. The number of phenolic OH excluding ortho intramolecular Hbond substituents is 1. The first-order valence-corrected chi connectivity index (χ1v) is 10.5. The SMILES string of the molecule is NCC(=O)NC(CCC(N)=O)C(=O)NC(Cc1ccc(O)cc1)C(=O)N1CCCC1C(=O)O. The van der Waals surface area contributed by atoms with Crippen LogP contribution in [-0.2, 0) is 30.4 Å². The van der Waals surface area contributed by atoms with E-state index in [0.29, 0.717) is 18.4 Å². The lowest BCUT2D eigenvalue weighted by atomic mass is 10.0. The van der Waals surface area contributed by atoms with E-state index in [0.717, 1.165) is 0 Å². The summed E-state index contributed by atoms with van der Waals surface area (Å²) < 4.78 is 0. The number of hydrogen-bond donors (Lipinski definition) is 6. The van der Waals surface area contributed by atoms with E-state index in [1.165, 1.54) is 17.0 Å². The lowest BCUT2D eigenvalue weighted by molar-refractivity contribution is -0.149. The van der Waals surface area contributed by atoms with Crippen molar-refractivity contribution in [3.8, 4) is 5.75 Å². The smallest absolute Gasteiger partial charge is 0.326 e. The number of aliphatic carboxylic acids is 1. The first-order valence-electron chi connectivity index (χ1n) is 10.5. The third-order valence-electron chi connectivity index (χ3n) is 5.33. The number of carboxylic acid groups (broad SMARTS) is 1. The molecule has 3 atom stereocenters. The first-order chi connectivity index (χ1) is 15.6. The van der Waals surface area contributed by atoms with Crippen molar-refractivity contribution in [1.29, 1.82) is 0 Å². The van der Waals surface area contributed by atoms with E-state index in [1.807, 2.05) is 0 Å². The molecular weight excluding hydrogens is 434 g/mol. The summed E-state index contributed by atoms with van der Waals surface area (Å²) >= 11 is 0. The number of nitrogens with zero attached hydrogens (tertiary/aromatic N) is 1. The molecule has 0 saturated carbocycles. The second-order valence-electron chi connectivity index (χ2n) is 7.79. The second-order valence-corrected chi connectivity index (χ2v) is 7.79. The van der Waals surface area contributed by atoms with Crippen LogP contribution < -0.4 is 22.1 Å². The summed E-state index contributed by atoms with van der Waals surface area (Å²) in [5.41, 5.74) is 11.1. The number of carboxylic acids is 1. The standard InChI is InChI=1S/C21H29N5O7/c22-11-18(29)24-14(7-8-17(23)28)19(30)25-15(10-12-3-5-13(27)6-4-12)20(31)26-9-1-2-16(26)21(32)33/h3-6,14-16,27H,1-2,7-11,22H2,(H2,23,28)(H,24,29)(H,25,30)(H,32,33). The van der Waals surface area contributed by atoms with E-state index < -0.39 is 47.7 Å². The van der Waals surface area contributed by atoms with Gasteiger partial charge in [0.2, 0.25) is 23.6 Å².